The molecule has 4 heteroatoms. The van der Waals surface area contributed by atoms with Gasteiger partial charge in [0, 0.05) is 18.3 Å². The molecular weight excluding hydrogens is 386 g/mol. The van der Waals surface area contributed by atoms with Crippen molar-refractivity contribution in [1.29, 1.82) is 0 Å². The fourth-order valence-electron chi connectivity index (χ4n) is 4.82. The number of anilines is 1. The maximum atomic E-state index is 14.3. The predicted molar refractivity (Wildman–Crippen MR) is 120 cm³/mol. The van der Waals surface area contributed by atoms with Gasteiger partial charge in [0.15, 0.2) is 17.0 Å². The van der Waals surface area contributed by atoms with Gasteiger partial charge in [-0.05, 0) is 29.3 Å². The Hall–Kier alpha value is -3.92. The molecule has 0 unspecified atom stereocenters. The van der Waals surface area contributed by atoms with E-state index >= 15 is 0 Å². The molecule has 152 valence electrons. The monoisotopic (exact) mass is 407 g/mol. The van der Waals surface area contributed by atoms with Crippen LogP contribution in [-0.4, -0.2) is 18.6 Å². The summed E-state index contributed by atoms with van der Waals surface area (Å²) in [6.07, 6.45) is 1.47. The zero-order valence-electron chi connectivity index (χ0n) is 17.1. The van der Waals surface area contributed by atoms with E-state index in [0.29, 0.717) is 11.1 Å². The van der Waals surface area contributed by atoms with Crippen LogP contribution in [0.25, 0.3) is 0 Å². The van der Waals surface area contributed by atoms with Crippen LogP contribution in [0.5, 0.6) is 0 Å². The third-order valence-corrected chi connectivity index (χ3v) is 6.12. The number of carbonyl (C=O) groups excluding carboxylic acids is 2. The summed E-state index contributed by atoms with van der Waals surface area (Å²) in [6.45, 7) is 0. The van der Waals surface area contributed by atoms with E-state index in [0.717, 1.165) is 11.3 Å². The van der Waals surface area contributed by atoms with E-state index in [1.807, 2.05) is 84.7 Å². The molecule has 0 aliphatic carbocycles. The molecule has 3 aromatic carbocycles. The first-order chi connectivity index (χ1) is 15.2. The molecule has 1 aliphatic rings. The van der Waals surface area contributed by atoms with Gasteiger partial charge in [-0.15, -0.1) is 0 Å². The topological polar surface area (TPSA) is 50.5 Å². The number of furan rings is 1. The largest absolute Gasteiger partial charge is 0.461 e. The van der Waals surface area contributed by atoms with Gasteiger partial charge in [-0.3, -0.25) is 9.59 Å². The van der Waals surface area contributed by atoms with E-state index < -0.39 is 11.5 Å². The van der Waals surface area contributed by atoms with Crippen molar-refractivity contribution in [3.05, 3.63) is 126 Å². The predicted octanol–water partition coefficient (Wildman–Crippen LogP) is 5.47. The fourth-order valence-corrected chi connectivity index (χ4v) is 4.82. The molecule has 0 radical (unpaired) electrons. The smallest absolute Gasteiger partial charge is 0.218 e. The van der Waals surface area contributed by atoms with Gasteiger partial charge in [-0.1, -0.05) is 78.9 Å². The molecule has 1 aliphatic heterocycles. The highest BCUT2D eigenvalue weighted by molar-refractivity contribution is 6.26. The SMILES string of the molecule is CN1c2ccccc2[C@](C(=O)c2ccccc2)(C(=O)c2ccco2)[C@H]1c1ccccc1. The van der Waals surface area contributed by atoms with Crippen molar-refractivity contribution in [3.8, 4) is 0 Å². The second-order valence-corrected chi connectivity index (χ2v) is 7.75. The van der Waals surface area contributed by atoms with Crippen molar-refractivity contribution < 1.29 is 14.0 Å². The Morgan fingerprint density at radius 1 is 0.774 bits per heavy atom. The molecule has 0 N–H and O–H groups in total. The number of fused-ring (bicyclic) bond motifs is 1. The summed E-state index contributed by atoms with van der Waals surface area (Å²) in [5.74, 6) is -0.396. The first-order valence-corrected chi connectivity index (χ1v) is 10.2. The van der Waals surface area contributed by atoms with Gasteiger partial charge in [0.25, 0.3) is 0 Å². The van der Waals surface area contributed by atoms with Gasteiger partial charge in [0.1, 0.15) is 0 Å². The highest BCUT2D eigenvalue weighted by atomic mass is 16.3. The average Bonchev–Trinajstić information content (AvgIpc) is 3.45. The van der Waals surface area contributed by atoms with Crippen molar-refractivity contribution in [1.82, 2.24) is 0 Å². The minimum absolute atomic E-state index is 0.176. The second kappa shape index (κ2) is 7.40. The van der Waals surface area contributed by atoms with Crippen LogP contribution in [0.3, 0.4) is 0 Å². The number of rotatable bonds is 5. The van der Waals surface area contributed by atoms with Crippen LogP contribution in [0.2, 0.25) is 0 Å². The fraction of sp³-hybridized carbons (Fsp3) is 0.111. The lowest BCUT2D eigenvalue weighted by atomic mass is 9.65. The van der Waals surface area contributed by atoms with Gasteiger partial charge in [-0.2, -0.15) is 0 Å². The lowest BCUT2D eigenvalue weighted by Crippen LogP contribution is -2.49. The molecule has 31 heavy (non-hydrogen) atoms. The first kappa shape index (κ1) is 19.1. The van der Waals surface area contributed by atoms with Crippen LogP contribution in [0, 0.1) is 0 Å². The summed E-state index contributed by atoms with van der Waals surface area (Å²) < 4.78 is 5.53. The number of Topliss-reactive ketones (excluding diaryl/α,β-unsaturated/α-hetero) is 2. The Balaban J connectivity index is 1.86. The highest BCUT2D eigenvalue weighted by Crippen LogP contribution is 2.55. The van der Waals surface area contributed by atoms with E-state index in [-0.39, 0.29) is 17.3 Å². The second-order valence-electron chi connectivity index (χ2n) is 7.75. The van der Waals surface area contributed by atoms with Crippen LogP contribution >= 0.6 is 0 Å². The summed E-state index contributed by atoms with van der Waals surface area (Å²) in [4.78, 5) is 30.5. The molecule has 2 heterocycles. The quantitative estimate of drug-likeness (QED) is 0.325. The van der Waals surface area contributed by atoms with Gasteiger partial charge in [0.05, 0.1) is 12.3 Å². The molecule has 5 rings (SSSR count). The zero-order chi connectivity index (χ0) is 21.4. The summed E-state index contributed by atoms with van der Waals surface area (Å²) >= 11 is 0. The summed E-state index contributed by atoms with van der Waals surface area (Å²) in [5, 5.41) is 0. The van der Waals surface area contributed by atoms with Gasteiger partial charge in [0.2, 0.25) is 5.78 Å². The number of para-hydroxylation sites is 1. The normalized spacial score (nSPS) is 19.8. The number of carbonyl (C=O) groups is 2. The third-order valence-electron chi connectivity index (χ3n) is 6.12. The Morgan fingerprint density at radius 2 is 1.42 bits per heavy atom. The molecule has 1 aromatic heterocycles. The summed E-state index contributed by atoms with van der Waals surface area (Å²) in [5.41, 5.74) is 1.47. The van der Waals surface area contributed by atoms with Crippen LogP contribution in [0.1, 0.15) is 38.1 Å². The molecular formula is C27H21NO3. The summed E-state index contributed by atoms with van der Waals surface area (Å²) in [7, 11) is 1.94. The van der Waals surface area contributed by atoms with Gasteiger partial charge < -0.3 is 9.32 Å². The molecule has 0 fully saturated rings. The number of nitrogens with zero attached hydrogens (tertiary/aromatic N) is 1. The molecule has 0 saturated heterocycles. The molecule has 2 atom stereocenters. The molecule has 0 spiro atoms. The van der Waals surface area contributed by atoms with E-state index in [2.05, 4.69) is 0 Å². The number of hydrogen-bond donors (Lipinski definition) is 0. The van der Waals surface area contributed by atoms with Crippen LogP contribution in [0.15, 0.2) is 108 Å². The third kappa shape index (κ3) is 2.76. The Labute approximate surface area is 180 Å². The maximum absolute atomic E-state index is 14.3. The number of ketones is 2. The number of likely N-dealkylation sites (N-methyl/N-ethyl adjacent to an activating group) is 1. The number of benzene rings is 3. The minimum atomic E-state index is -1.48. The zero-order valence-corrected chi connectivity index (χ0v) is 17.1. The van der Waals surface area contributed by atoms with Crippen molar-refractivity contribution in [3.63, 3.8) is 0 Å². The highest BCUT2D eigenvalue weighted by Gasteiger charge is 2.61. The summed E-state index contributed by atoms with van der Waals surface area (Å²) in [6, 6.07) is 29.2. The van der Waals surface area contributed by atoms with Crippen molar-refractivity contribution >= 4 is 17.3 Å². The Morgan fingerprint density at radius 3 is 2.10 bits per heavy atom. The van der Waals surface area contributed by atoms with Crippen LogP contribution < -0.4 is 4.90 Å². The lowest BCUT2D eigenvalue weighted by molar-refractivity contribution is 0.0722. The van der Waals surface area contributed by atoms with Crippen LogP contribution in [-0.2, 0) is 5.41 Å². The van der Waals surface area contributed by atoms with Crippen LogP contribution in [0.4, 0.5) is 5.69 Å². The average molecular weight is 407 g/mol. The van der Waals surface area contributed by atoms with E-state index in [9.17, 15) is 9.59 Å². The van der Waals surface area contributed by atoms with Crippen molar-refractivity contribution in [2.75, 3.05) is 11.9 Å². The van der Waals surface area contributed by atoms with E-state index in [4.69, 9.17) is 4.42 Å². The molecule has 0 saturated carbocycles. The van der Waals surface area contributed by atoms with Gasteiger partial charge in [-0.25, -0.2) is 0 Å². The first-order valence-electron chi connectivity index (χ1n) is 10.2. The van der Waals surface area contributed by atoms with Gasteiger partial charge >= 0.3 is 0 Å². The molecule has 0 bridgehead atoms. The lowest BCUT2D eigenvalue weighted by Gasteiger charge is -2.36. The number of hydrogen-bond acceptors (Lipinski definition) is 4. The van der Waals surface area contributed by atoms with Crippen molar-refractivity contribution in [2.45, 2.75) is 11.5 Å². The maximum Gasteiger partial charge on any atom is 0.218 e. The standard InChI is InChI=1S/C27H21NO3/c1-28-22-16-9-8-15-21(22)27(26(30)23-17-10-18-31-23,24(28)19-11-4-2-5-12-19)25(29)20-13-6-3-7-14-20/h2-18,24H,1H3/t24-,27+/m1/s1. The Kier molecular flexibility index (Phi) is 4.55. The van der Waals surface area contributed by atoms with E-state index in [1.54, 1.807) is 24.3 Å². The van der Waals surface area contributed by atoms with E-state index in [1.165, 1.54) is 6.26 Å². The molecule has 0 amide bonds. The van der Waals surface area contributed by atoms with Crippen molar-refractivity contribution in [2.24, 2.45) is 0 Å². The minimum Gasteiger partial charge on any atom is -0.461 e. The molecule has 4 nitrogen and oxygen atoms in total. The molecule has 4 aromatic rings. The Bertz CT molecular complexity index is 1230.